The van der Waals surface area contributed by atoms with Crippen molar-refractivity contribution in [1.82, 2.24) is 5.32 Å². The average Bonchev–Trinajstić information content (AvgIpc) is 2.80. The molecule has 0 atom stereocenters. The minimum atomic E-state index is 0.151. The first kappa shape index (κ1) is 12.0. The van der Waals surface area contributed by atoms with Crippen LogP contribution in [0.4, 0.5) is 0 Å². The third kappa shape index (κ3) is 2.81. The van der Waals surface area contributed by atoms with E-state index in [9.17, 15) is 0 Å². The van der Waals surface area contributed by atoms with Gasteiger partial charge in [0.15, 0.2) is 11.5 Å². The maximum atomic E-state index is 8.67. The lowest BCUT2D eigenvalue weighted by Crippen LogP contribution is -2.21. The first-order chi connectivity index (χ1) is 8.35. The van der Waals surface area contributed by atoms with Crippen LogP contribution in [-0.2, 0) is 6.42 Å². The van der Waals surface area contributed by atoms with Crippen molar-refractivity contribution in [2.45, 2.75) is 6.42 Å². The molecule has 1 aromatic carbocycles. The van der Waals surface area contributed by atoms with Gasteiger partial charge in [0.1, 0.15) is 5.75 Å². The first-order valence-corrected chi connectivity index (χ1v) is 5.63. The number of fused-ring (bicyclic) bond motifs is 1. The number of nitrogens with one attached hydrogen (secondary N) is 1. The van der Waals surface area contributed by atoms with E-state index in [-0.39, 0.29) is 13.4 Å². The van der Waals surface area contributed by atoms with Gasteiger partial charge in [-0.15, -0.1) is 0 Å². The van der Waals surface area contributed by atoms with Crippen molar-refractivity contribution in [1.29, 1.82) is 0 Å². The van der Waals surface area contributed by atoms with Gasteiger partial charge in [0, 0.05) is 12.6 Å². The van der Waals surface area contributed by atoms with Crippen molar-refractivity contribution < 1.29 is 19.3 Å². The van der Waals surface area contributed by atoms with E-state index >= 15 is 0 Å². The van der Waals surface area contributed by atoms with Gasteiger partial charge in [-0.05, 0) is 24.6 Å². The second kappa shape index (κ2) is 5.75. The fourth-order valence-electron chi connectivity index (χ4n) is 1.78. The molecule has 0 fully saturated rings. The average molecular weight is 239 g/mol. The highest BCUT2D eigenvalue weighted by molar-refractivity contribution is 5.51. The van der Waals surface area contributed by atoms with Crippen LogP contribution in [0.5, 0.6) is 17.2 Å². The Bertz CT molecular complexity index is 381. The number of hydrogen-bond donors (Lipinski definition) is 2. The Labute approximate surface area is 100 Å². The fourth-order valence-corrected chi connectivity index (χ4v) is 1.78. The van der Waals surface area contributed by atoms with Crippen LogP contribution in [0.2, 0.25) is 0 Å². The summed E-state index contributed by atoms with van der Waals surface area (Å²) in [6, 6.07) is 3.80. The van der Waals surface area contributed by atoms with E-state index in [1.807, 2.05) is 12.1 Å². The molecule has 2 rings (SSSR count). The Morgan fingerprint density at radius 1 is 1.29 bits per heavy atom. The van der Waals surface area contributed by atoms with E-state index in [1.54, 1.807) is 7.11 Å². The lowest BCUT2D eigenvalue weighted by atomic mass is 10.1. The number of aliphatic hydroxyl groups is 1. The van der Waals surface area contributed by atoms with Crippen molar-refractivity contribution in [3.05, 3.63) is 17.7 Å². The van der Waals surface area contributed by atoms with E-state index in [0.717, 1.165) is 35.8 Å². The molecular weight excluding hydrogens is 222 g/mol. The Morgan fingerprint density at radius 3 is 2.76 bits per heavy atom. The summed E-state index contributed by atoms with van der Waals surface area (Å²) in [5.41, 5.74) is 1.07. The quantitative estimate of drug-likeness (QED) is 0.710. The molecule has 0 saturated carbocycles. The van der Waals surface area contributed by atoms with Crippen LogP contribution in [-0.4, -0.2) is 38.7 Å². The van der Waals surface area contributed by atoms with Gasteiger partial charge in [0.05, 0.1) is 13.7 Å². The molecule has 1 aliphatic heterocycles. The highest BCUT2D eigenvalue weighted by atomic mass is 16.7. The topological polar surface area (TPSA) is 60.0 Å². The molecular formula is C12H17NO4. The zero-order valence-electron chi connectivity index (χ0n) is 9.86. The van der Waals surface area contributed by atoms with Crippen LogP contribution in [0, 0.1) is 0 Å². The first-order valence-electron chi connectivity index (χ1n) is 5.63. The van der Waals surface area contributed by atoms with E-state index in [4.69, 9.17) is 19.3 Å². The molecule has 17 heavy (non-hydrogen) atoms. The predicted molar refractivity (Wildman–Crippen MR) is 62.8 cm³/mol. The monoisotopic (exact) mass is 239 g/mol. The van der Waals surface area contributed by atoms with Crippen LogP contribution in [0.15, 0.2) is 12.1 Å². The van der Waals surface area contributed by atoms with E-state index in [0.29, 0.717) is 6.54 Å². The second-order valence-corrected chi connectivity index (χ2v) is 3.74. The molecule has 0 amide bonds. The zero-order chi connectivity index (χ0) is 12.1. The number of rotatable bonds is 6. The summed E-state index contributed by atoms with van der Waals surface area (Å²) in [4.78, 5) is 0. The summed E-state index contributed by atoms with van der Waals surface area (Å²) in [6.45, 7) is 1.81. The summed E-state index contributed by atoms with van der Waals surface area (Å²) in [5.74, 6) is 2.30. The molecule has 0 aromatic heterocycles. The standard InChI is InChI=1S/C12H17NO4/c1-15-10-7-12-11(16-8-17-12)6-9(10)2-3-13-4-5-14/h6-7,13-14H,2-5,8H2,1H3. The third-order valence-electron chi connectivity index (χ3n) is 2.64. The van der Waals surface area contributed by atoms with E-state index in [2.05, 4.69) is 5.32 Å². The Kier molecular flexibility index (Phi) is 4.06. The molecule has 5 nitrogen and oxygen atoms in total. The van der Waals surface area contributed by atoms with E-state index < -0.39 is 0 Å². The van der Waals surface area contributed by atoms with Crippen LogP contribution >= 0.6 is 0 Å². The summed E-state index contributed by atoms with van der Waals surface area (Å²) < 4.78 is 15.9. The predicted octanol–water partition coefficient (Wildman–Crippen LogP) is 0.548. The third-order valence-corrected chi connectivity index (χ3v) is 2.64. The van der Waals surface area contributed by atoms with Gasteiger partial charge in [-0.2, -0.15) is 0 Å². The van der Waals surface area contributed by atoms with Crippen LogP contribution in [0.25, 0.3) is 0 Å². The number of benzene rings is 1. The van der Waals surface area contributed by atoms with Gasteiger partial charge < -0.3 is 24.6 Å². The van der Waals surface area contributed by atoms with Crippen molar-refractivity contribution in [2.75, 3.05) is 33.6 Å². The molecule has 2 N–H and O–H groups in total. The zero-order valence-corrected chi connectivity index (χ0v) is 9.86. The molecule has 94 valence electrons. The second-order valence-electron chi connectivity index (χ2n) is 3.74. The van der Waals surface area contributed by atoms with Gasteiger partial charge >= 0.3 is 0 Å². The van der Waals surface area contributed by atoms with Gasteiger partial charge in [-0.1, -0.05) is 0 Å². The molecule has 0 unspecified atom stereocenters. The summed E-state index contributed by atoms with van der Waals surface area (Å²) in [6.07, 6.45) is 0.819. The Balaban J connectivity index is 2.04. The lowest BCUT2D eigenvalue weighted by molar-refractivity contribution is 0.174. The lowest BCUT2D eigenvalue weighted by Gasteiger charge is -2.10. The van der Waals surface area contributed by atoms with Crippen LogP contribution < -0.4 is 19.5 Å². The highest BCUT2D eigenvalue weighted by Gasteiger charge is 2.17. The minimum absolute atomic E-state index is 0.151. The maximum absolute atomic E-state index is 8.67. The summed E-state index contributed by atoms with van der Waals surface area (Å²) in [5, 5.41) is 11.8. The number of aliphatic hydroxyl groups excluding tert-OH is 1. The molecule has 0 bridgehead atoms. The number of methoxy groups -OCH3 is 1. The summed E-state index contributed by atoms with van der Waals surface area (Å²) in [7, 11) is 1.64. The van der Waals surface area contributed by atoms with Gasteiger partial charge in [-0.25, -0.2) is 0 Å². The van der Waals surface area contributed by atoms with Crippen molar-refractivity contribution in [3.63, 3.8) is 0 Å². The molecule has 0 radical (unpaired) electrons. The molecule has 0 saturated heterocycles. The van der Waals surface area contributed by atoms with Crippen molar-refractivity contribution in [2.24, 2.45) is 0 Å². The summed E-state index contributed by atoms with van der Waals surface area (Å²) >= 11 is 0. The van der Waals surface area contributed by atoms with Gasteiger partial charge in [0.25, 0.3) is 0 Å². The maximum Gasteiger partial charge on any atom is 0.231 e. The van der Waals surface area contributed by atoms with Crippen molar-refractivity contribution >= 4 is 0 Å². The normalized spacial score (nSPS) is 12.8. The smallest absolute Gasteiger partial charge is 0.231 e. The fraction of sp³-hybridized carbons (Fsp3) is 0.500. The van der Waals surface area contributed by atoms with Crippen molar-refractivity contribution in [3.8, 4) is 17.2 Å². The van der Waals surface area contributed by atoms with E-state index in [1.165, 1.54) is 0 Å². The number of ether oxygens (including phenoxy) is 3. The van der Waals surface area contributed by atoms with Gasteiger partial charge in [0.2, 0.25) is 6.79 Å². The van der Waals surface area contributed by atoms with Gasteiger partial charge in [-0.3, -0.25) is 0 Å². The molecule has 0 spiro atoms. The van der Waals surface area contributed by atoms with Crippen LogP contribution in [0.3, 0.4) is 0 Å². The molecule has 5 heteroatoms. The molecule has 1 aromatic rings. The Hall–Kier alpha value is -1.46. The van der Waals surface area contributed by atoms with Crippen LogP contribution in [0.1, 0.15) is 5.56 Å². The molecule has 1 aliphatic rings. The SMILES string of the molecule is COc1cc2c(cc1CCNCCO)OCO2. The highest BCUT2D eigenvalue weighted by Crippen LogP contribution is 2.38. The minimum Gasteiger partial charge on any atom is -0.496 e. The molecule has 0 aliphatic carbocycles. The molecule has 1 heterocycles. The Morgan fingerprint density at radius 2 is 2.06 bits per heavy atom. The number of hydrogen-bond acceptors (Lipinski definition) is 5. The largest absolute Gasteiger partial charge is 0.496 e.